The summed E-state index contributed by atoms with van der Waals surface area (Å²) in [6.45, 7) is 1.83. The average Bonchev–Trinajstić information content (AvgIpc) is 2.46. The number of nitrogens with zero attached hydrogens (tertiary/aromatic N) is 2. The quantitative estimate of drug-likeness (QED) is 0.868. The molecule has 0 aliphatic rings. The first-order valence-corrected chi connectivity index (χ1v) is 6.04. The number of aryl methyl sites for hydroxylation is 1. The van der Waals surface area contributed by atoms with Crippen molar-refractivity contribution in [3.8, 4) is 29.0 Å². The molecule has 3 N–H and O–H groups in total. The second-order valence-corrected chi connectivity index (χ2v) is 4.40. The largest absolute Gasteiger partial charge is 0.496 e. The van der Waals surface area contributed by atoms with E-state index < -0.39 is 5.56 Å². The topological polar surface area (TPSA) is 116 Å². The highest BCUT2D eigenvalue weighted by atomic mass is 16.5. The number of anilines is 1. The predicted octanol–water partition coefficient (Wildman–Crippen LogP) is 1.68. The van der Waals surface area contributed by atoms with Crippen molar-refractivity contribution in [3.05, 3.63) is 45.2 Å². The van der Waals surface area contributed by atoms with Crippen LogP contribution in [0.3, 0.4) is 0 Å². The second-order valence-electron chi connectivity index (χ2n) is 4.40. The van der Waals surface area contributed by atoms with Crippen molar-refractivity contribution in [1.82, 2.24) is 4.98 Å². The van der Waals surface area contributed by atoms with Gasteiger partial charge in [-0.3, -0.25) is 4.79 Å². The third-order valence-corrected chi connectivity index (χ3v) is 3.15. The van der Waals surface area contributed by atoms with Gasteiger partial charge < -0.3 is 15.5 Å². The van der Waals surface area contributed by atoms with Crippen molar-refractivity contribution in [2.45, 2.75) is 6.92 Å². The lowest BCUT2D eigenvalue weighted by Crippen LogP contribution is -2.16. The molecule has 0 unspecified atom stereocenters. The highest BCUT2D eigenvalue weighted by Crippen LogP contribution is 2.31. The van der Waals surface area contributed by atoms with E-state index in [0.717, 1.165) is 5.56 Å². The monoisotopic (exact) mass is 280 g/mol. The Labute approximate surface area is 121 Å². The molecule has 2 aromatic rings. The first-order chi connectivity index (χ1) is 10.0. The maximum absolute atomic E-state index is 11.8. The van der Waals surface area contributed by atoms with E-state index in [0.29, 0.717) is 11.3 Å². The number of rotatable bonds is 2. The summed E-state index contributed by atoms with van der Waals surface area (Å²) in [4.78, 5) is 14.2. The summed E-state index contributed by atoms with van der Waals surface area (Å²) in [5.74, 6) is 0.624. The minimum absolute atomic E-state index is 0.0510. The number of methoxy groups -OCH3 is 1. The third-order valence-electron chi connectivity index (χ3n) is 3.15. The Bertz CT molecular complexity index is 854. The molecule has 0 spiro atoms. The molecule has 0 saturated heterocycles. The van der Waals surface area contributed by atoms with Gasteiger partial charge in [0, 0.05) is 5.56 Å². The van der Waals surface area contributed by atoms with E-state index in [1.807, 2.05) is 19.1 Å². The van der Waals surface area contributed by atoms with Gasteiger partial charge in [0.15, 0.2) is 0 Å². The van der Waals surface area contributed by atoms with E-state index in [1.165, 1.54) is 0 Å². The van der Waals surface area contributed by atoms with Crippen LogP contribution in [0, 0.1) is 29.6 Å². The number of hydrogen-bond donors (Lipinski definition) is 2. The highest BCUT2D eigenvalue weighted by Gasteiger charge is 2.18. The van der Waals surface area contributed by atoms with Crippen LogP contribution in [0.5, 0.6) is 5.75 Å². The van der Waals surface area contributed by atoms with Gasteiger partial charge in [-0.15, -0.1) is 0 Å². The number of aromatic nitrogens is 1. The molecule has 0 amide bonds. The summed E-state index contributed by atoms with van der Waals surface area (Å²) in [7, 11) is 1.55. The zero-order valence-corrected chi connectivity index (χ0v) is 11.5. The first kappa shape index (κ1) is 14.2. The Kier molecular flexibility index (Phi) is 3.64. The molecule has 0 radical (unpaired) electrons. The number of pyridine rings is 1. The number of aromatic amines is 1. The van der Waals surface area contributed by atoms with E-state index in [1.54, 1.807) is 25.3 Å². The highest BCUT2D eigenvalue weighted by molar-refractivity contribution is 5.80. The number of H-pyrrole nitrogens is 1. The van der Waals surface area contributed by atoms with E-state index in [-0.39, 0.29) is 22.5 Å². The SMILES string of the molecule is COc1ccc(-c2c(C#N)c(N)[nH]c(=O)c2C#N)cc1C. The minimum atomic E-state index is -0.613. The molecule has 0 aliphatic carbocycles. The number of nitriles is 2. The summed E-state index contributed by atoms with van der Waals surface area (Å²) < 4.78 is 5.17. The standard InChI is InChI=1S/C15H12N4O2/c1-8-5-9(3-4-12(8)21-2)13-10(6-16)14(18)19-15(20)11(13)7-17/h3-5H,1-2H3,(H3,18,19,20). The molecule has 0 atom stereocenters. The summed E-state index contributed by atoms with van der Waals surface area (Å²) in [5, 5.41) is 18.5. The predicted molar refractivity (Wildman–Crippen MR) is 77.6 cm³/mol. The molecule has 6 heteroatoms. The second kappa shape index (κ2) is 5.40. The summed E-state index contributed by atoms with van der Waals surface area (Å²) in [6.07, 6.45) is 0. The fourth-order valence-electron chi connectivity index (χ4n) is 2.17. The Morgan fingerprint density at radius 2 is 1.90 bits per heavy atom. The summed E-state index contributed by atoms with van der Waals surface area (Å²) in [6, 6.07) is 8.91. The fraction of sp³-hybridized carbons (Fsp3) is 0.133. The maximum atomic E-state index is 11.8. The van der Waals surface area contributed by atoms with E-state index >= 15 is 0 Å². The van der Waals surface area contributed by atoms with Gasteiger partial charge in [0.05, 0.1) is 7.11 Å². The fourth-order valence-corrected chi connectivity index (χ4v) is 2.17. The van der Waals surface area contributed by atoms with Gasteiger partial charge >= 0.3 is 0 Å². The molecule has 0 fully saturated rings. The molecule has 1 aromatic heterocycles. The maximum Gasteiger partial charge on any atom is 0.268 e. The van der Waals surface area contributed by atoms with Crippen molar-refractivity contribution in [2.75, 3.05) is 12.8 Å². The number of nitrogens with one attached hydrogen (secondary N) is 1. The van der Waals surface area contributed by atoms with Gasteiger partial charge in [-0.1, -0.05) is 6.07 Å². The molecule has 104 valence electrons. The van der Waals surface area contributed by atoms with Crippen LogP contribution >= 0.6 is 0 Å². The van der Waals surface area contributed by atoms with Crippen LogP contribution in [0.25, 0.3) is 11.1 Å². The summed E-state index contributed by atoms with van der Waals surface area (Å²) in [5.41, 5.74) is 6.64. The zero-order valence-electron chi connectivity index (χ0n) is 11.5. The Balaban J connectivity index is 2.86. The Morgan fingerprint density at radius 1 is 1.24 bits per heavy atom. The molecule has 0 aliphatic heterocycles. The molecule has 1 heterocycles. The van der Waals surface area contributed by atoms with Crippen molar-refractivity contribution in [1.29, 1.82) is 10.5 Å². The first-order valence-electron chi connectivity index (χ1n) is 6.04. The molecule has 6 nitrogen and oxygen atoms in total. The molecule has 0 saturated carbocycles. The average molecular weight is 280 g/mol. The lowest BCUT2D eigenvalue weighted by molar-refractivity contribution is 0.412. The van der Waals surface area contributed by atoms with Gasteiger partial charge in [-0.2, -0.15) is 10.5 Å². The Hall–Kier alpha value is -3.25. The molecular weight excluding hydrogens is 268 g/mol. The van der Waals surface area contributed by atoms with Gasteiger partial charge in [0.2, 0.25) is 0 Å². The van der Waals surface area contributed by atoms with Crippen LogP contribution in [-0.4, -0.2) is 12.1 Å². The van der Waals surface area contributed by atoms with Crippen LogP contribution in [-0.2, 0) is 0 Å². The van der Waals surface area contributed by atoms with Crippen LogP contribution in [0.15, 0.2) is 23.0 Å². The molecule has 1 aromatic carbocycles. The third kappa shape index (κ3) is 2.31. The number of hydrogen-bond acceptors (Lipinski definition) is 5. The lowest BCUT2D eigenvalue weighted by atomic mass is 9.95. The number of ether oxygens (including phenoxy) is 1. The number of benzene rings is 1. The molecule has 21 heavy (non-hydrogen) atoms. The van der Waals surface area contributed by atoms with Crippen molar-refractivity contribution in [2.24, 2.45) is 0 Å². The van der Waals surface area contributed by atoms with E-state index in [9.17, 15) is 15.3 Å². The normalized spacial score (nSPS) is 9.71. The zero-order chi connectivity index (χ0) is 15.6. The van der Waals surface area contributed by atoms with Gasteiger partial charge in [-0.25, -0.2) is 0 Å². The number of nitrogens with two attached hydrogens (primary N) is 1. The molecule has 2 rings (SSSR count). The van der Waals surface area contributed by atoms with Crippen molar-refractivity contribution in [3.63, 3.8) is 0 Å². The van der Waals surface area contributed by atoms with Crippen molar-refractivity contribution >= 4 is 5.82 Å². The molecule has 0 bridgehead atoms. The van der Waals surface area contributed by atoms with Gasteiger partial charge in [0.25, 0.3) is 5.56 Å². The minimum Gasteiger partial charge on any atom is -0.496 e. The Morgan fingerprint density at radius 3 is 2.43 bits per heavy atom. The molecular formula is C15H12N4O2. The lowest BCUT2D eigenvalue weighted by Gasteiger charge is -2.11. The van der Waals surface area contributed by atoms with E-state index in [2.05, 4.69) is 4.98 Å². The van der Waals surface area contributed by atoms with Crippen LogP contribution in [0.1, 0.15) is 16.7 Å². The van der Waals surface area contributed by atoms with E-state index in [4.69, 9.17) is 10.5 Å². The van der Waals surface area contributed by atoms with Crippen molar-refractivity contribution < 1.29 is 4.74 Å². The summed E-state index contributed by atoms with van der Waals surface area (Å²) >= 11 is 0. The van der Waals surface area contributed by atoms with Crippen LogP contribution < -0.4 is 16.0 Å². The van der Waals surface area contributed by atoms with Crippen LogP contribution in [0.2, 0.25) is 0 Å². The smallest absolute Gasteiger partial charge is 0.268 e. The van der Waals surface area contributed by atoms with Gasteiger partial charge in [-0.05, 0) is 30.2 Å². The number of nitrogen functional groups attached to an aromatic ring is 1. The van der Waals surface area contributed by atoms with Gasteiger partial charge in [0.1, 0.15) is 34.8 Å². The van der Waals surface area contributed by atoms with Crippen LogP contribution in [0.4, 0.5) is 5.82 Å².